The number of phenols is 1. The predicted octanol–water partition coefficient (Wildman–Crippen LogP) is 4.29. The van der Waals surface area contributed by atoms with Crippen molar-refractivity contribution in [3.05, 3.63) is 58.6 Å². The number of fused-ring (bicyclic) bond motifs is 3. The van der Waals surface area contributed by atoms with Crippen LogP contribution in [0.25, 0.3) is 0 Å². The van der Waals surface area contributed by atoms with Crippen molar-refractivity contribution in [1.29, 1.82) is 0 Å². The maximum atomic E-state index is 9.74. The van der Waals surface area contributed by atoms with Crippen LogP contribution in [0.2, 0.25) is 5.02 Å². The van der Waals surface area contributed by atoms with Crippen molar-refractivity contribution in [2.24, 2.45) is 5.92 Å². The Morgan fingerprint density at radius 3 is 2.95 bits per heavy atom. The summed E-state index contributed by atoms with van der Waals surface area (Å²) in [5.41, 5.74) is 3.30. The maximum absolute atomic E-state index is 9.74. The SMILES string of the molecule is Oc1cccc([C@H]2Nc3ccc(Cl)cc3[C@H]3OCC[C@H]23)c1. The van der Waals surface area contributed by atoms with Crippen LogP contribution in [-0.4, -0.2) is 11.7 Å². The summed E-state index contributed by atoms with van der Waals surface area (Å²) in [5, 5.41) is 14.1. The lowest BCUT2D eigenvalue weighted by atomic mass is 9.81. The van der Waals surface area contributed by atoms with Crippen LogP contribution < -0.4 is 5.32 Å². The zero-order chi connectivity index (χ0) is 14.4. The van der Waals surface area contributed by atoms with E-state index in [1.165, 1.54) is 0 Å². The highest BCUT2D eigenvalue weighted by molar-refractivity contribution is 6.30. The summed E-state index contributed by atoms with van der Waals surface area (Å²) in [6, 6.07) is 13.5. The monoisotopic (exact) mass is 301 g/mol. The summed E-state index contributed by atoms with van der Waals surface area (Å²) in [7, 11) is 0. The molecule has 4 rings (SSSR count). The van der Waals surface area contributed by atoms with Gasteiger partial charge < -0.3 is 15.2 Å². The second-order valence-electron chi connectivity index (χ2n) is 5.69. The third-order valence-corrected chi connectivity index (χ3v) is 4.66. The Kier molecular flexibility index (Phi) is 3.05. The van der Waals surface area contributed by atoms with Crippen LogP contribution in [0.5, 0.6) is 5.75 Å². The molecule has 108 valence electrons. The molecule has 1 fully saturated rings. The van der Waals surface area contributed by atoms with Gasteiger partial charge in [0.1, 0.15) is 5.75 Å². The average Bonchev–Trinajstić information content (AvgIpc) is 2.96. The van der Waals surface area contributed by atoms with Gasteiger partial charge in [-0.3, -0.25) is 0 Å². The Labute approximate surface area is 128 Å². The number of phenolic OH excluding ortho intramolecular Hbond substituents is 1. The normalized spacial score (nSPS) is 26.8. The molecule has 2 aromatic carbocycles. The molecule has 3 nitrogen and oxygen atoms in total. The molecule has 0 spiro atoms. The number of hydrogen-bond donors (Lipinski definition) is 2. The zero-order valence-corrected chi connectivity index (χ0v) is 12.2. The minimum absolute atomic E-state index is 0.0762. The molecule has 0 aliphatic carbocycles. The largest absolute Gasteiger partial charge is 0.508 e. The highest BCUT2D eigenvalue weighted by Gasteiger charge is 2.41. The fourth-order valence-corrected chi connectivity index (χ4v) is 3.67. The average molecular weight is 302 g/mol. The van der Waals surface area contributed by atoms with E-state index in [2.05, 4.69) is 5.32 Å². The molecule has 0 amide bonds. The summed E-state index contributed by atoms with van der Waals surface area (Å²) in [5.74, 6) is 0.657. The first-order valence-corrected chi connectivity index (χ1v) is 7.57. The van der Waals surface area contributed by atoms with Gasteiger partial charge in [-0.2, -0.15) is 0 Å². The van der Waals surface area contributed by atoms with E-state index < -0.39 is 0 Å². The van der Waals surface area contributed by atoms with Gasteiger partial charge in [-0.05, 0) is 42.3 Å². The van der Waals surface area contributed by atoms with E-state index in [0.29, 0.717) is 11.7 Å². The lowest BCUT2D eigenvalue weighted by Gasteiger charge is -2.36. The van der Waals surface area contributed by atoms with Crippen molar-refractivity contribution in [2.45, 2.75) is 18.6 Å². The van der Waals surface area contributed by atoms with Crippen molar-refractivity contribution < 1.29 is 9.84 Å². The van der Waals surface area contributed by atoms with E-state index >= 15 is 0 Å². The van der Waals surface area contributed by atoms with Gasteiger partial charge in [0, 0.05) is 28.8 Å². The third kappa shape index (κ3) is 2.17. The van der Waals surface area contributed by atoms with Gasteiger partial charge in [-0.1, -0.05) is 23.7 Å². The number of ether oxygens (including phenoxy) is 1. The summed E-state index contributed by atoms with van der Waals surface area (Å²) < 4.78 is 5.96. The van der Waals surface area contributed by atoms with Crippen molar-refractivity contribution in [2.75, 3.05) is 11.9 Å². The van der Waals surface area contributed by atoms with E-state index in [4.69, 9.17) is 16.3 Å². The second kappa shape index (κ2) is 4.93. The van der Waals surface area contributed by atoms with Crippen LogP contribution in [0.1, 0.15) is 29.7 Å². The molecule has 21 heavy (non-hydrogen) atoms. The Balaban J connectivity index is 1.79. The van der Waals surface area contributed by atoms with Gasteiger partial charge in [0.15, 0.2) is 0 Å². The number of benzene rings is 2. The summed E-state index contributed by atoms with van der Waals surface area (Å²) >= 11 is 6.12. The van der Waals surface area contributed by atoms with Crippen molar-refractivity contribution in [3.8, 4) is 5.75 Å². The highest BCUT2D eigenvalue weighted by atomic mass is 35.5. The summed E-state index contributed by atoms with van der Waals surface area (Å²) in [6.07, 6.45) is 1.08. The van der Waals surface area contributed by atoms with Gasteiger partial charge in [0.25, 0.3) is 0 Å². The fraction of sp³-hybridized carbons (Fsp3) is 0.294. The molecule has 0 saturated carbocycles. The van der Waals surface area contributed by atoms with Gasteiger partial charge in [0.2, 0.25) is 0 Å². The van der Waals surface area contributed by atoms with E-state index in [-0.39, 0.29) is 12.1 Å². The highest BCUT2D eigenvalue weighted by Crippen LogP contribution is 2.50. The number of aromatic hydroxyl groups is 1. The molecule has 1 saturated heterocycles. The predicted molar refractivity (Wildman–Crippen MR) is 82.7 cm³/mol. The first-order chi connectivity index (χ1) is 10.2. The van der Waals surface area contributed by atoms with Crippen LogP contribution in [0.4, 0.5) is 5.69 Å². The molecule has 0 aromatic heterocycles. The third-order valence-electron chi connectivity index (χ3n) is 4.43. The van der Waals surface area contributed by atoms with Crippen LogP contribution in [-0.2, 0) is 4.74 Å². The molecule has 0 bridgehead atoms. The number of halogens is 1. The van der Waals surface area contributed by atoms with Crippen LogP contribution in [0.15, 0.2) is 42.5 Å². The number of rotatable bonds is 1. The summed E-state index contributed by atoms with van der Waals surface area (Å²) in [4.78, 5) is 0. The Morgan fingerprint density at radius 2 is 2.10 bits per heavy atom. The molecule has 3 atom stereocenters. The van der Waals surface area contributed by atoms with Gasteiger partial charge in [-0.25, -0.2) is 0 Å². The number of hydrogen-bond acceptors (Lipinski definition) is 3. The molecule has 2 heterocycles. The van der Waals surface area contributed by atoms with Crippen molar-refractivity contribution in [3.63, 3.8) is 0 Å². The Hall–Kier alpha value is -1.71. The number of nitrogens with one attached hydrogen (secondary N) is 1. The molecule has 4 heteroatoms. The molecular weight excluding hydrogens is 286 g/mol. The van der Waals surface area contributed by atoms with Gasteiger partial charge >= 0.3 is 0 Å². The molecule has 2 N–H and O–H groups in total. The maximum Gasteiger partial charge on any atom is 0.115 e. The fourth-order valence-electron chi connectivity index (χ4n) is 3.49. The lowest BCUT2D eigenvalue weighted by molar-refractivity contribution is 0.0829. The standard InChI is InChI=1S/C17H16ClNO2/c18-11-4-5-15-14(9-11)17-13(6-7-21-17)16(19-15)10-2-1-3-12(20)8-10/h1-5,8-9,13,16-17,19-20H,6-7H2/t13-,16-,17+/m1/s1. The quantitative estimate of drug-likeness (QED) is 0.825. The smallest absolute Gasteiger partial charge is 0.115 e. The van der Waals surface area contributed by atoms with E-state index in [0.717, 1.165) is 34.9 Å². The molecule has 2 aliphatic rings. The van der Waals surface area contributed by atoms with E-state index in [9.17, 15) is 5.11 Å². The van der Waals surface area contributed by atoms with Gasteiger partial charge in [-0.15, -0.1) is 0 Å². The molecule has 0 radical (unpaired) electrons. The van der Waals surface area contributed by atoms with Crippen molar-refractivity contribution >= 4 is 17.3 Å². The molecule has 2 aromatic rings. The summed E-state index contributed by atoms with van der Waals surface area (Å²) in [6.45, 7) is 0.762. The van der Waals surface area contributed by atoms with E-state index in [1.54, 1.807) is 6.07 Å². The first kappa shape index (κ1) is 13.0. The van der Waals surface area contributed by atoms with Crippen molar-refractivity contribution in [1.82, 2.24) is 0 Å². The van der Waals surface area contributed by atoms with E-state index in [1.807, 2.05) is 36.4 Å². The van der Waals surface area contributed by atoms with Crippen LogP contribution >= 0.6 is 11.6 Å². The number of anilines is 1. The zero-order valence-electron chi connectivity index (χ0n) is 11.4. The first-order valence-electron chi connectivity index (χ1n) is 7.19. The Morgan fingerprint density at radius 1 is 1.19 bits per heavy atom. The molecular formula is C17H16ClNO2. The van der Waals surface area contributed by atoms with Crippen LogP contribution in [0.3, 0.4) is 0 Å². The van der Waals surface area contributed by atoms with Gasteiger partial charge in [0.05, 0.1) is 12.1 Å². The van der Waals surface area contributed by atoms with Crippen LogP contribution in [0, 0.1) is 5.92 Å². The minimum Gasteiger partial charge on any atom is -0.508 e. The molecule has 0 unspecified atom stereocenters. The minimum atomic E-state index is 0.0762. The lowest BCUT2D eigenvalue weighted by Crippen LogP contribution is -2.29. The molecule has 2 aliphatic heterocycles. The topological polar surface area (TPSA) is 41.5 Å². The second-order valence-corrected chi connectivity index (χ2v) is 6.13. The Bertz CT molecular complexity index is 688.